The average molecular weight is 264 g/mol. The third-order valence-corrected chi connectivity index (χ3v) is 5.62. The molecule has 17 heavy (non-hydrogen) atoms. The molecule has 0 radical (unpaired) electrons. The number of thiophene rings is 2. The average Bonchev–Trinajstić information content (AvgIpc) is 2.87. The molecule has 2 aromatic rings. The predicted molar refractivity (Wildman–Crippen MR) is 79.6 cm³/mol. The Labute approximate surface area is 112 Å². The van der Waals surface area contributed by atoms with Crippen molar-refractivity contribution in [1.82, 2.24) is 0 Å². The molecule has 0 N–H and O–H groups in total. The minimum absolute atomic E-state index is 0.656. The highest BCUT2D eigenvalue weighted by molar-refractivity contribution is 7.13. The molecule has 0 fully saturated rings. The Hall–Kier alpha value is -0.600. The summed E-state index contributed by atoms with van der Waals surface area (Å²) in [5.74, 6) is 1.31. The first kappa shape index (κ1) is 12.8. The maximum Gasteiger partial charge on any atom is 0.0163 e. The zero-order valence-corrected chi connectivity index (χ0v) is 12.6. The molecule has 0 bridgehead atoms. The van der Waals surface area contributed by atoms with Crippen molar-refractivity contribution in [3.63, 3.8) is 0 Å². The smallest absolute Gasteiger partial charge is 0.0163 e. The Morgan fingerprint density at radius 3 is 1.47 bits per heavy atom. The summed E-state index contributed by atoms with van der Waals surface area (Å²) in [6.07, 6.45) is 1.11. The largest absolute Gasteiger partial charge is 0.145 e. The van der Waals surface area contributed by atoms with Crippen LogP contribution in [0, 0.1) is 0 Å². The van der Waals surface area contributed by atoms with Crippen molar-refractivity contribution in [1.29, 1.82) is 0 Å². The molecule has 0 saturated heterocycles. The van der Waals surface area contributed by atoms with Crippen molar-refractivity contribution < 1.29 is 0 Å². The van der Waals surface area contributed by atoms with Gasteiger partial charge in [0.15, 0.2) is 0 Å². The third kappa shape index (κ3) is 3.20. The van der Waals surface area contributed by atoms with E-state index < -0.39 is 0 Å². The Morgan fingerprint density at radius 2 is 1.18 bits per heavy atom. The van der Waals surface area contributed by atoms with Gasteiger partial charge in [0.05, 0.1) is 0 Å². The fraction of sp³-hybridized carbons (Fsp3) is 0.467. The van der Waals surface area contributed by atoms with E-state index in [9.17, 15) is 0 Å². The van der Waals surface area contributed by atoms with Gasteiger partial charge in [0.25, 0.3) is 0 Å². The molecule has 0 unspecified atom stereocenters. The number of hydrogen-bond acceptors (Lipinski definition) is 2. The van der Waals surface area contributed by atoms with Crippen LogP contribution in [0.25, 0.3) is 0 Å². The highest BCUT2D eigenvalue weighted by Crippen LogP contribution is 2.30. The lowest BCUT2D eigenvalue weighted by atomic mass is 10.2. The molecule has 0 atom stereocenters. The van der Waals surface area contributed by atoms with Gasteiger partial charge in [-0.25, -0.2) is 0 Å². The molecule has 0 spiro atoms. The zero-order valence-electron chi connectivity index (χ0n) is 11.0. The molecule has 2 rings (SSSR count). The van der Waals surface area contributed by atoms with Gasteiger partial charge in [0.1, 0.15) is 0 Å². The normalized spacial score (nSPS) is 11.6. The number of rotatable bonds is 4. The van der Waals surface area contributed by atoms with E-state index in [0.29, 0.717) is 11.8 Å². The van der Waals surface area contributed by atoms with Gasteiger partial charge >= 0.3 is 0 Å². The lowest BCUT2D eigenvalue weighted by molar-refractivity contribution is 0.890. The van der Waals surface area contributed by atoms with Gasteiger partial charge in [-0.3, -0.25) is 0 Å². The molecule has 0 amide bonds. The lowest BCUT2D eigenvalue weighted by Gasteiger charge is -1.99. The van der Waals surface area contributed by atoms with E-state index in [1.54, 1.807) is 0 Å². The molecule has 0 nitrogen and oxygen atoms in total. The van der Waals surface area contributed by atoms with Crippen LogP contribution in [0.5, 0.6) is 0 Å². The Balaban J connectivity index is 2.08. The minimum Gasteiger partial charge on any atom is -0.145 e. The molecule has 2 aromatic heterocycles. The second kappa shape index (κ2) is 5.36. The van der Waals surface area contributed by atoms with Gasteiger partial charge in [-0.1, -0.05) is 27.7 Å². The summed E-state index contributed by atoms with van der Waals surface area (Å²) in [7, 11) is 0. The van der Waals surface area contributed by atoms with Gasteiger partial charge in [0.2, 0.25) is 0 Å². The molecule has 0 aliphatic carbocycles. The van der Waals surface area contributed by atoms with Crippen LogP contribution in [0.15, 0.2) is 24.3 Å². The topological polar surface area (TPSA) is 0 Å². The summed E-state index contributed by atoms with van der Waals surface area (Å²) in [5, 5.41) is 0. The second-order valence-corrected chi connectivity index (χ2v) is 7.49. The summed E-state index contributed by atoms with van der Waals surface area (Å²) in [6.45, 7) is 9.05. The van der Waals surface area contributed by atoms with E-state index >= 15 is 0 Å². The van der Waals surface area contributed by atoms with Crippen molar-refractivity contribution in [2.45, 2.75) is 46.0 Å². The van der Waals surface area contributed by atoms with Crippen LogP contribution < -0.4 is 0 Å². The Bertz CT molecular complexity index is 430. The molecule has 92 valence electrons. The lowest BCUT2D eigenvalue weighted by Crippen LogP contribution is -1.79. The van der Waals surface area contributed by atoms with Crippen LogP contribution in [0.3, 0.4) is 0 Å². The van der Waals surface area contributed by atoms with Crippen molar-refractivity contribution in [2.24, 2.45) is 0 Å². The van der Waals surface area contributed by atoms with Crippen LogP contribution in [0.4, 0.5) is 0 Å². The molecule has 2 heteroatoms. The second-order valence-electron chi connectivity index (χ2n) is 5.09. The first-order chi connectivity index (χ1) is 8.06. The van der Waals surface area contributed by atoms with E-state index in [4.69, 9.17) is 0 Å². The van der Waals surface area contributed by atoms with E-state index in [2.05, 4.69) is 52.0 Å². The fourth-order valence-electron chi connectivity index (χ4n) is 1.77. The maximum atomic E-state index is 2.29. The van der Waals surface area contributed by atoms with Crippen molar-refractivity contribution >= 4 is 22.7 Å². The molecule has 0 aromatic carbocycles. The predicted octanol–water partition coefficient (Wildman–Crippen LogP) is 5.65. The van der Waals surface area contributed by atoms with E-state index in [-0.39, 0.29) is 0 Å². The molecule has 0 saturated carbocycles. The molecule has 0 aliphatic heterocycles. The highest BCUT2D eigenvalue weighted by Gasteiger charge is 2.07. The van der Waals surface area contributed by atoms with Gasteiger partial charge in [-0.15, -0.1) is 22.7 Å². The molecule has 0 aliphatic rings. The number of hydrogen-bond donors (Lipinski definition) is 0. The first-order valence-electron chi connectivity index (χ1n) is 6.23. The Morgan fingerprint density at radius 1 is 0.765 bits per heavy atom. The van der Waals surface area contributed by atoms with E-state index in [1.165, 1.54) is 19.5 Å². The van der Waals surface area contributed by atoms with Gasteiger partial charge < -0.3 is 0 Å². The van der Waals surface area contributed by atoms with Gasteiger partial charge in [-0.2, -0.15) is 0 Å². The van der Waals surface area contributed by atoms with Crippen LogP contribution in [0.2, 0.25) is 0 Å². The summed E-state index contributed by atoms with van der Waals surface area (Å²) in [6, 6.07) is 9.13. The van der Waals surface area contributed by atoms with Crippen molar-refractivity contribution in [3.05, 3.63) is 43.8 Å². The quantitative estimate of drug-likeness (QED) is 0.669. The van der Waals surface area contributed by atoms with Crippen molar-refractivity contribution in [2.75, 3.05) is 0 Å². The van der Waals surface area contributed by atoms with Gasteiger partial charge in [0, 0.05) is 25.9 Å². The monoisotopic (exact) mass is 264 g/mol. The summed E-state index contributed by atoms with van der Waals surface area (Å²) < 4.78 is 0. The molecular weight excluding hydrogens is 244 g/mol. The summed E-state index contributed by atoms with van der Waals surface area (Å²) >= 11 is 3.92. The van der Waals surface area contributed by atoms with Crippen LogP contribution >= 0.6 is 22.7 Å². The van der Waals surface area contributed by atoms with E-state index in [0.717, 1.165) is 6.42 Å². The van der Waals surface area contributed by atoms with Crippen LogP contribution in [-0.2, 0) is 6.42 Å². The molecular formula is C15H20S2. The van der Waals surface area contributed by atoms with Crippen LogP contribution in [-0.4, -0.2) is 0 Å². The van der Waals surface area contributed by atoms with Gasteiger partial charge in [-0.05, 0) is 36.1 Å². The van der Waals surface area contributed by atoms with Crippen LogP contribution in [0.1, 0.15) is 59.0 Å². The molecule has 2 heterocycles. The summed E-state index contributed by atoms with van der Waals surface area (Å²) in [4.78, 5) is 5.98. The standard InChI is InChI=1S/C15H20S2/c1-10(2)14-7-5-12(16-14)9-13-6-8-15(17-13)11(3)4/h5-8,10-11H,9H2,1-4H3. The SMILES string of the molecule is CC(C)c1ccc(Cc2ccc(C(C)C)s2)s1. The minimum atomic E-state index is 0.656. The maximum absolute atomic E-state index is 2.29. The summed E-state index contributed by atoms with van der Waals surface area (Å²) in [5.41, 5.74) is 0. The Kier molecular flexibility index (Phi) is 4.05. The highest BCUT2D eigenvalue weighted by atomic mass is 32.1. The fourth-order valence-corrected chi connectivity index (χ4v) is 3.94. The zero-order chi connectivity index (χ0) is 12.4. The van der Waals surface area contributed by atoms with Crippen molar-refractivity contribution in [3.8, 4) is 0 Å². The first-order valence-corrected chi connectivity index (χ1v) is 7.86. The van der Waals surface area contributed by atoms with E-state index in [1.807, 2.05) is 22.7 Å². The third-order valence-electron chi connectivity index (χ3n) is 2.85.